The van der Waals surface area contributed by atoms with Crippen molar-refractivity contribution in [1.29, 1.82) is 0 Å². The van der Waals surface area contributed by atoms with Crippen LogP contribution in [0.5, 0.6) is 0 Å². The number of amides is 1. The molecule has 0 radical (unpaired) electrons. The minimum absolute atomic E-state index is 0.147. The summed E-state index contributed by atoms with van der Waals surface area (Å²) in [4.78, 5) is 14.8. The van der Waals surface area contributed by atoms with Gasteiger partial charge < -0.3 is 5.32 Å². The van der Waals surface area contributed by atoms with Crippen LogP contribution in [0, 0.1) is 11.8 Å². The average Bonchev–Trinajstić information content (AvgIpc) is 2.97. The fourth-order valence-corrected chi connectivity index (χ4v) is 5.69. The van der Waals surface area contributed by atoms with E-state index < -0.39 is 0 Å². The third kappa shape index (κ3) is 3.70. The normalized spacial score (nSPS) is 25.4. The number of hydrogen-bond acceptors (Lipinski definition) is 2. The lowest BCUT2D eigenvalue weighted by molar-refractivity contribution is 0.0941. The number of aryl methyl sites for hydroxylation is 2. The minimum atomic E-state index is 0.147. The SMILES string of the molecule is O=C(NCC1CCCCC1CBr)c1cc2c(s1)CCCC2. The van der Waals surface area contributed by atoms with E-state index in [1.54, 1.807) is 11.3 Å². The summed E-state index contributed by atoms with van der Waals surface area (Å²) in [6.07, 6.45) is 10.1. The molecule has 1 N–H and O–H groups in total. The van der Waals surface area contributed by atoms with Gasteiger partial charge in [0.2, 0.25) is 0 Å². The van der Waals surface area contributed by atoms with Crippen LogP contribution in [0.1, 0.15) is 58.6 Å². The third-order valence-electron chi connectivity index (χ3n) is 5.01. The summed E-state index contributed by atoms with van der Waals surface area (Å²) in [5, 5.41) is 4.26. The summed E-state index contributed by atoms with van der Waals surface area (Å²) in [6.45, 7) is 0.845. The Balaban J connectivity index is 1.57. The lowest BCUT2D eigenvalue weighted by Gasteiger charge is -2.30. The second kappa shape index (κ2) is 7.28. The van der Waals surface area contributed by atoms with Crippen molar-refractivity contribution < 1.29 is 4.79 Å². The van der Waals surface area contributed by atoms with Gasteiger partial charge in [-0.3, -0.25) is 4.79 Å². The van der Waals surface area contributed by atoms with E-state index in [9.17, 15) is 4.79 Å². The van der Waals surface area contributed by atoms with Crippen LogP contribution in [-0.2, 0) is 12.8 Å². The number of fused-ring (bicyclic) bond motifs is 1. The maximum atomic E-state index is 12.4. The predicted molar refractivity (Wildman–Crippen MR) is 92.5 cm³/mol. The van der Waals surface area contributed by atoms with Gasteiger partial charge >= 0.3 is 0 Å². The Hall–Kier alpha value is -0.350. The largest absolute Gasteiger partial charge is 0.351 e. The molecule has 3 rings (SSSR count). The van der Waals surface area contributed by atoms with Crippen LogP contribution in [0.2, 0.25) is 0 Å². The molecule has 2 unspecified atom stereocenters. The molecule has 1 aromatic heterocycles. The fraction of sp³-hybridized carbons (Fsp3) is 0.706. The molecule has 0 saturated heterocycles. The zero-order chi connectivity index (χ0) is 14.7. The molecule has 1 saturated carbocycles. The molecule has 116 valence electrons. The molecular weight excluding hydrogens is 346 g/mol. The highest BCUT2D eigenvalue weighted by atomic mass is 79.9. The molecule has 0 bridgehead atoms. The third-order valence-corrected chi connectivity index (χ3v) is 7.08. The maximum Gasteiger partial charge on any atom is 0.261 e. The summed E-state index contributed by atoms with van der Waals surface area (Å²) in [5.74, 6) is 1.53. The molecule has 1 heterocycles. The summed E-state index contributed by atoms with van der Waals surface area (Å²) in [7, 11) is 0. The van der Waals surface area contributed by atoms with Crippen LogP contribution in [0.25, 0.3) is 0 Å². The van der Waals surface area contributed by atoms with Crippen LogP contribution in [-0.4, -0.2) is 17.8 Å². The molecular formula is C17H24BrNOS. The number of alkyl halides is 1. The van der Waals surface area contributed by atoms with Gasteiger partial charge in [0.25, 0.3) is 5.91 Å². The molecule has 2 aliphatic rings. The highest BCUT2D eigenvalue weighted by molar-refractivity contribution is 9.09. The Morgan fingerprint density at radius 2 is 1.95 bits per heavy atom. The van der Waals surface area contributed by atoms with Crippen LogP contribution >= 0.6 is 27.3 Å². The van der Waals surface area contributed by atoms with Crippen LogP contribution in [0.15, 0.2) is 6.07 Å². The molecule has 1 aromatic rings. The number of hydrogen-bond donors (Lipinski definition) is 1. The summed E-state index contributed by atoms with van der Waals surface area (Å²) in [5.41, 5.74) is 1.42. The van der Waals surface area contributed by atoms with Gasteiger partial charge in [0, 0.05) is 16.8 Å². The minimum Gasteiger partial charge on any atom is -0.351 e. The van der Waals surface area contributed by atoms with Crippen molar-refractivity contribution in [3.05, 3.63) is 21.4 Å². The number of thiophene rings is 1. The number of carbonyl (C=O) groups is 1. The highest BCUT2D eigenvalue weighted by Crippen LogP contribution is 2.32. The van der Waals surface area contributed by atoms with Crippen molar-refractivity contribution in [2.24, 2.45) is 11.8 Å². The monoisotopic (exact) mass is 369 g/mol. The topological polar surface area (TPSA) is 29.1 Å². The second-order valence-corrected chi connectivity index (χ2v) is 8.22. The van der Waals surface area contributed by atoms with E-state index in [-0.39, 0.29) is 5.91 Å². The molecule has 21 heavy (non-hydrogen) atoms. The molecule has 2 atom stereocenters. The van der Waals surface area contributed by atoms with Gasteiger partial charge in [-0.05, 0) is 62.0 Å². The van der Waals surface area contributed by atoms with E-state index in [0.29, 0.717) is 5.92 Å². The molecule has 0 aromatic carbocycles. The van der Waals surface area contributed by atoms with E-state index >= 15 is 0 Å². The number of nitrogens with one attached hydrogen (secondary N) is 1. The van der Waals surface area contributed by atoms with Crippen LogP contribution in [0.3, 0.4) is 0 Å². The second-order valence-electron chi connectivity index (χ2n) is 6.44. The number of halogens is 1. The van der Waals surface area contributed by atoms with E-state index in [2.05, 4.69) is 27.3 Å². The van der Waals surface area contributed by atoms with Crippen molar-refractivity contribution in [1.82, 2.24) is 5.32 Å². The van der Waals surface area contributed by atoms with Crippen LogP contribution in [0.4, 0.5) is 0 Å². The molecule has 4 heteroatoms. The van der Waals surface area contributed by atoms with Gasteiger partial charge in [-0.25, -0.2) is 0 Å². The first-order valence-electron chi connectivity index (χ1n) is 8.23. The lowest BCUT2D eigenvalue weighted by atomic mass is 9.80. The van der Waals surface area contributed by atoms with Crippen molar-refractivity contribution in [3.63, 3.8) is 0 Å². The summed E-state index contributed by atoms with van der Waals surface area (Å²) in [6, 6.07) is 2.14. The van der Waals surface area contributed by atoms with E-state index in [4.69, 9.17) is 0 Å². The zero-order valence-electron chi connectivity index (χ0n) is 12.5. The molecule has 1 fully saturated rings. The fourth-order valence-electron chi connectivity index (χ4n) is 3.67. The first-order valence-corrected chi connectivity index (χ1v) is 10.2. The van der Waals surface area contributed by atoms with Gasteiger partial charge in [0.05, 0.1) is 4.88 Å². The first-order chi connectivity index (χ1) is 10.3. The number of rotatable bonds is 4. The summed E-state index contributed by atoms with van der Waals surface area (Å²) >= 11 is 5.35. The Labute approximate surface area is 139 Å². The Morgan fingerprint density at radius 1 is 1.19 bits per heavy atom. The average molecular weight is 370 g/mol. The smallest absolute Gasteiger partial charge is 0.261 e. The van der Waals surface area contributed by atoms with Gasteiger partial charge in [-0.15, -0.1) is 11.3 Å². The van der Waals surface area contributed by atoms with E-state index in [1.807, 2.05) is 0 Å². The summed E-state index contributed by atoms with van der Waals surface area (Å²) < 4.78 is 0. The van der Waals surface area contributed by atoms with Crippen molar-refractivity contribution >= 4 is 33.2 Å². The van der Waals surface area contributed by atoms with Crippen molar-refractivity contribution in [2.45, 2.75) is 51.4 Å². The van der Waals surface area contributed by atoms with Crippen molar-refractivity contribution in [3.8, 4) is 0 Å². The highest BCUT2D eigenvalue weighted by Gasteiger charge is 2.25. The lowest BCUT2D eigenvalue weighted by Crippen LogP contribution is -2.34. The predicted octanol–water partition coefficient (Wildman–Crippen LogP) is 4.56. The Kier molecular flexibility index (Phi) is 5.38. The van der Waals surface area contributed by atoms with E-state index in [0.717, 1.165) is 29.1 Å². The van der Waals surface area contributed by atoms with Gasteiger partial charge in [-0.1, -0.05) is 28.8 Å². The molecule has 2 aliphatic carbocycles. The zero-order valence-corrected chi connectivity index (χ0v) is 14.9. The quantitative estimate of drug-likeness (QED) is 0.774. The van der Waals surface area contributed by atoms with Gasteiger partial charge in [0.15, 0.2) is 0 Å². The van der Waals surface area contributed by atoms with Crippen molar-refractivity contribution in [2.75, 3.05) is 11.9 Å². The molecule has 2 nitrogen and oxygen atoms in total. The Bertz CT molecular complexity index is 475. The number of carbonyl (C=O) groups excluding carboxylic acids is 1. The van der Waals surface area contributed by atoms with Gasteiger partial charge in [0.1, 0.15) is 0 Å². The van der Waals surface area contributed by atoms with Gasteiger partial charge in [-0.2, -0.15) is 0 Å². The van der Waals surface area contributed by atoms with E-state index in [1.165, 1.54) is 55.4 Å². The standard InChI is InChI=1S/C17H24BrNOS/c18-10-13-6-1-2-7-14(13)11-19-17(20)16-9-12-5-3-4-8-15(12)21-16/h9,13-14H,1-8,10-11H2,(H,19,20). The molecule has 1 amide bonds. The molecule has 0 spiro atoms. The Morgan fingerprint density at radius 3 is 2.71 bits per heavy atom. The maximum absolute atomic E-state index is 12.4. The molecule has 0 aliphatic heterocycles. The van der Waals surface area contributed by atoms with Crippen LogP contribution < -0.4 is 5.32 Å². The first kappa shape index (κ1) is 15.5.